The third-order valence-electron chi connectivity index (χ3n) is 3.53. The topological polar surface area (TPSA) is 13.1 Å². The van der Waals surface area contributed by atoms with Crippen LogP contribution in [0, 0.1) is 0 Å². The minimum absolute atomic E-state index is 0.758. The van der Waals surface area contributed by atoms with Crippen molar-refractivity contribution < 1.29 is 4.42 Å². The van der Waals surface area contributed by atoms with Crippen molar-refractivity contribution in [2.45, 2.75) is 0 Å². The molecule has 0 aliphatic carbocycles. The molecule has 3 aromatic carbocycles. The average molecular weight is 279 g/mol. The van der Waals surface area contributed by atoms with E-state index >= 15 is 0 Å². The van der Waals surface area contributed by atoms with Gasteiger partial charge in [-0.3, -0.25) is 0 Å². The van der Waals surface area contributed by atoms with E-state index in [9.17, 15) is 0 Å². The van der Waals surface area contributed by atoms with Crippen LogP contribution in [0.15, 0.2) is 71.1 Å². The van der Waals surface area contributed by atoms with Crippen LogP contribution in [0.2, 0.25) is 5.02 Å². The maximum Gasteiger partial charge on any atom is 0.142 e. The van der Waals surface area contributed by atoms with Gasteiger partial charge in [-0.2, -0.15) is 0 Å². The molecular weight excluding hydrogens is 268 g/mol. The molecule has 0 bridgehead atoms. The van der Waals surface area contributed by atoms with Gasteiger partial charge in [0.15, 0.2) is 0 Å². The zero-order chi connectivity index (χ0) is 13.5. The van der Waals surface area contributed by atoms with Crippen LogP contribution in [0.5, 0.6) is 0 Å². The van der Waals surface area contributed by atoms with E-state index in [0.717, 1.165) is 38.1 Å². The van der Waals surface area contributed by atoms with Crippen LogP contribution in [0.3, 0.4) is 0 Å². The van der Waals surface area contributed by atoms with E-state index in [0.29, 0.717) is 0 Å². The van der Waals surface area contributed by atoms with Crippen LogP contribution in [-0.4, -0.2) is 0 Å². The summed E-state index contributed by atoms with van der Waals surface area (Å²) in [6.07, 6.45) is 0. The molecule has 96 valence electrons. The van der Waals surface area contributed by atoms with Gasteiger partial charge in [-0.15, -0.1) is 0 Å². The van der Waals surface area contributed by atoms with Gasteiger partial charge in [-0.05, 0) is 12.1 Å². The lowest BCUT2D eigenvalue weighted by Crippen LogP contribution is -1.74. The first kappa shape index (κ1) is 11.6. The standard InChI is InChI=1S/C18H11ClO/c19-16-10-13-11-17(12-6-2-1-3-7-12)20-18(13)15-9-5-4-8-14(15)16/h1-11H. The summed E-state index contributed by atoms with van der Waals surface area (Å²) < 4.78 is 6.06. The van der Waals surface area contributed by atoms with Crippen molar-refractivity contribution in [1.82, 2.24) is 0 Å². The lowest BCUT2D eigenvalue weighted by molar-refractivity contribution is 0.635. The molecule has 0 aliphatic rings. The summed E-state index contributed by atoms with van der Waals surface area (Å²) in [5, 5.41) is 3.87. The van der Waals surface area contributed by atoms with Crippen molar-refractivity contribution in [3.63, 3.8) is 0 Å². The van der Waals surface area contributed by atoms with E-state index in [2.05, 4.69) is 0 Å². The summed E-state index contributed by atoms with van der Waals surface area (Å²) in [5.41, 5.74) is 1.97. The fourth-order valence-corrected chi connectivity index (χ4v) is 2.85. The number of hydrogen-bond acceptors (Lipinski definition) is 1. The summed E-state index contributed by atoms with van der Waals surface area (Å²) in [6, 6.07) is 22.2. The van der Waals surface area contributed by atoms with Gasteiger partial charge in [0.05, 0.1) is 0 Å². The molecule has 0 atom stereocenters. The molecule has 0 saturated carbocycles. The Balaban J connectivity index is 2.07. The second-order valence-corrected chi connectivity index (χ2v) is 5.21. The van der Waals surface area contributed by atoms with Crippen molar-refractivity contribution in [2.75, 3.05) is 0 Å². The van der Waals surface area contributed by atoms with Crippen molar-refractivity contribution >= 4 is 33.3 Å². The molecule has 0 unspecified atom stereocenters. The Morgan fingerprint density at radius 1 is 0.750 bits per heavy atom. The van der Waals surface area contributed by atoms with Crippen molar-refractivity contribution in [1.29, 1.82) is 0 Å². The van der Waals surface area contributed by atoms with Crippen LogP contribution in [-0.2, 0) is 0 Å². The molecule has 20 heavy (non-hydrogen) atoms. The van der Waals surface area contributed by atoms with E-state index < -0.39 is 0 Å². The van der Waals surface area contributed by atoms with Crippen LogP contribution in [0.1, 0.15) is 0 Å². The maximum absolute atomic E-state index is 6.35. The van der Waals surface area contributed by atoms with Crippen LogP contribution < -0.4 is 0 Å². The van der Waals surface area contributed by atoms with Crippen molar-refractivity contribution in [3.05, 3.63) is 71.8 Å². The molecule has 4 aromatic rings. The van der Waals surface area contributed by atoms with E-state index in [-0.39, 0.29) is 0 Å². The highest BCUT2D eigenvalue weighted by Crippen LogP contribution is 2.36. The quantitative estimate of drug-likeness (QED) is 0.422. The van der Waals surface area contributed by atoms with Gasteiger partial charge in [0.25, 0.3) is 0 Å². The largest absolute Gasteiger partial charge is 0.455 e. The molecule has 2 heteroatoms. The van der Waals surface area contributed by atoms with E-state index in [1.165, 1.54) is 0 Å². The predicted octanol–water partition coefficient (Wildman–Crippen LogP) is 5.91. The van der Waals surface area contributed by atoms with E-state index in [1.807, 2.05) is 66.7 Å². The Labute approximate surface area is 121 Å². The van der Waals surface area contributed by atoms with Gasteiger partial charge in [0.2, 0.25) is 0 Å². The zero-order valence-corrected chi connectivity index (χ0v) is 11.4. The number of fused-ring (bicyclic) bond motifs is 3. The highest BCUT2D eigenvalue weighted by atomic mass is 35.5. The fraction of sp³-hybridized carbons (Fsp3) is 0. The lowest BCUT2D eigenvalue weighted by Gasteiger charge is -2.00. The minimum atomic E-state index is 0.758. The van der Waals surface area contributed by atoms with E-state index in [1.54, 1.807) is 0 Å². The molecule has 1 aromatic heterocycles. The average Bonchev–Trinajstić information content (AvgIpc) is 2.93. The number of hydrogen-bond donors (Lipinski definition) is 0. The van der Waals surface area contributed by atoms with Crippen molar-refractivity contribution in [2.24, 2.45) is 0 Å². The highest BCUT2D eigenvalue weighted by Gasteiger charge is 2.11. The zero-order valence-electron chi connectivity index (χ0n) is 10.6. The third-order valence-corrected chi connectivity index (χ3v) is 3.84. The van der Waals surface area contributed by atoms with Gasteiger partial charge >= 0.3 is 0 Å². The molecule has 0 aliphatic heterocycles. The Morgan fingerprint density at radius 2 is 1.45 bits per heavy atom. The summed E-state index contributed by atoms with van der Waals surface area (Å²) in [4.78, 5) is 0. The van der Waals surface area contributed by atoms with Crippen molar-refractivity contribution in [3.8, 4) is 11.3 Å². The summed E-state index contributed by atoms with van der Waals surface area (Å²) >= 11 is 6.35. The molecule has 4 rings (SSSR count). The first-order chi connectivity index (χ1) is 9.83. The van der Waals surface area contributed by atoms with Gasteiger partial charge in [-0.25, -0.2) is 0 Å². The summed E-state index contributed by atoms with van der Waals surface area (Å²) in [5.74, 6) is 0.869. The minimum Gasteiger partial charge on any atom is -0.455 e. The fourth-order valence-electron chi connectivity index (χ4n) is 2.57. The lowest BCUT2D eigenvalue weighted by atomic mass is 10.1. The molecule has 0 radical (unpaired) electrons. The van der Waals surface area contributed by atoms with Crippen LogP contribution in [0.25, 0.3) is 33.1 Å². The molecule has 0 N–H and O–H groups in total. The number of furan rings is 1. The van der Waals surface area contributed by atoms with Crippen LogP contribution in [0.4, 0.5) is 0 Å². The number of benzene rings is 3. The molecular formula is C18H11ClO. The smallest absolute Gasteiger partial charge is 0.142 e. The molecule has 1 nitrogen and oxygen atoms in total. The highest BCUT2D eigenvalue weighted by molar-refractivity contribution is 6.37. The molecule has 0 saturated heterocycles. The predicted molar refractivity (Wildman–Crippen MR) is 84.2 cm³/mol. The molecule has 0 amide bonds. The van der Waals surface area contributed by atoms with Crippen LogP contribution >= 0.6 is 11.6 Å². The summed E-state index contributed by atoms with van der Waals surface area (Å²) in [6.45, 7) is 0. The Kier molecular flexibility index (Phi) is 2.54. The number of halogens is 1. The Morgan fingerprint density at radius 3 is 2.25 bits per heavy atom. The molecule has 0 spiro atoms. The number of rotatable bonds is 1. The first-order valence-electron chi connectivity index (χ1n) is 6.49. The van der Waals surface area contributed by atoms with Gasteiger partial charge in [0, 0.05) is 26.7 Å². The monoisotopic (exact) mass is 278 g/mol. The Hall–Kier alpha value is -2.25. The second kappa shape index (κ2) is 4.39. The van der Waals surface area contributed by atoms with Gasteiger partial charge in [0.1, 0.15) is 11.3 Å². The van der Waals surface area contributed by atoms with Gasteiger partial charge < -0.3 is 4.42 Å². The van der Waals surface area contributed by atoms with E-state index in [4.69, 9.17) is 16.0 Å². The molecule has 0 fully saturated rings. The normalized spacial score (nSPS) is 11.2. The maximum atomic E-state index is 6.35. The SMILES string of the molecule is Clc1cc2cc(-c3ccccc3)oc2c2ccccc12. The Bertz CT molecular complexity index is 907. The second-order valence-electron chi connectivity index (χ2n) is 4.80. The first-order valence-corrected chi connectivity index (χ1v) is 6.87. The molecule has 1 heterocycles. The summed E-state index contributed by atoms with van der Waals surface area (Å²) in [7, 11) is 0. The third kappa shape index (κ3) is 1.71. The van der Waals surface area contributed by atoms with Gasteiger partial charge in [-0.1, -0.05) is 66.2 Å².